The van der Waals surface area contributed by atoms with Crippen LogP contribution in [0.1, 0.15) is 38.5 Å². The van der Waals surface area contributed by atoms with Crippen LogP contribution in [0.3, 0.4) is 0 Å². The van der Waals surface area contributed by atoms with E-state index >= 15 is 0 Å². The summed E-state index contributed by atoms with van der Waals surface area (Å²) in [5.41, 5.74) is 2.12. The van der Waals surface area contributed by atoms with Crippen LogP contribution in [0.5, 0.6) is 0 Å². The number of carbonyl (C=O) groups excluding carboxylic acids is 2. The van der Waals surface area contributed by atoms with E-state index in [1.54, 1.807) is 0 Å². The zero-order valence-corrected chi connectivity index (χ0v) is 17.2. The first-order valence-electron chi connectivity index (χ1n) is 11.1. The SMILES string of the molecule is O=C(Nc1ccc(N2CCC(NCCN3CCNC3=O)CC2)cc1)C1CCCC1. The molecule has 29 heavy (non-hydrogen) atoms. The molecule has 158 valence electrons. The van der Waals surface area contributed by atoms with E-state index in [2.05, 4.69) is 33.0 Å². The molecule has 1 aliphatic carbocycles. The van der Waals surface area contributed by atoms with Crippen LogP contribution < -0.4 is 20.9 Å². The normalized spacial score (nSPS) is 20.9. The lowest BCUT2D eigenvalue weighted by atomic mass is 10.0. The molecule has 4 rings (SSSR count). The van der Waals surface area contributed by atoms with E-state index in [1.807, 2.05) is 17.0 Å². The number of amides is 3. The summed E-state index contributed by atoms with van der Waals surface area (Å²) in [5, 5.41) is 9.51. The molecule has 2 aliphatic heterocycles. The van der Waals surface area contributed by atoms with Crippen LogP contribution in [0.25, 0.3) is 0 Å². The van der Waals surface area contributed by atoms with Gasteiger partial charge in [-0.2, -0.15) is 0 Å². The van der Waals surface area contributed by atoms with Crippen molar-refractivity contribution in [3.8, 4) is 0 Å². The third-order valence-electron chi connectivity index (χ3n) is 6.48. The molecule has 3 aliphatic rings. The number of carbonyl (C=O) groups is 2. The first kappa shape index (κ1) is 20.0. The maximum absolute atomic E-state index is 12.3. The molecule has 1 aromatic carbocycles. The fourth-order valence-corrected chi connectivity index (χ4v) is 4.66. The summed E-state index contributed by atoms with van der Waals surface area (Å²) in [6, 6.07) is 8.85. The van der Waals surface area contributed by atoms with E-state index in [4.69, 9.17) is 0 Å². The summed E-state index contributed by atoms with van der Waals surface area (Å²) < 4.78 is 0. The van der Waals surface area contributed by atoms with Crippen LogP contribution in [-0.2, 0) is 4.79 Å². The fourth-order valence-electron chi connectivity index (χ4n) is 4.66. The number of anilines is 2. The monoisotopic (exact) mass is 399 g/mol. The highest BCUT2D eigenvalue weighted by Gasteiger charge is 2.23. The quantitative estimate of drug-likeness (QED) is 0.658. The van der Waals surface area contributed by atoms with Gasteiger partial charge in [-0.05, 0) is 49.9 Å². The molecule has 0 aromatic heterocycles. The molecule has 0 atom stereocenters. The number of urea groups is 1. The smallest absolute Gasteiger partial charge is 0.317 e. The van der Waals surface area contributed by atoms with E-state index in [0.29, 0.717) is 6.04 Å². The molecular formula is C22H33N5O2. The minimum Gasteiger partial charge on any atom is -0.371 e. The topological polar surface area (TPSA) is 76.7 Å². The van der Waals surface area contributed by atoms with Crippen molar-refractivity contribution in [3.05, 3.63) is 24.3 Å². The lowest BCUT2D eigenvalue weighted by Gasteiger charge is -2.34. The van der Waals surface area contributed by atoms with Crippen LogP contribution >= 0.6 is 0 Å². The van der Waals surface area contributed by atoms with Gasteiger partial charge in [0, 0.05) is 62.6 Å². The first-order valence-corrected chi connectivity index (χ1v) is 11.1. The zero-order chi connectivity index (χ0) is 20.1. The Balaban J connectivity index is 1.18. The Morgan fingerprint density at radius 3 is 2.41 bits per heavy atom. The maximum Gasteiger partial charge on any atom is 0.317 e. The summed E-state index contributed by atoms with van der Waals surface area (Å²) in [4.78, 5) is 28.1. The highest BCUT2D eigenvalue weighted by molar-refractivity contribution is 5.92. The van der Waals surface area contributed by atoms with Gasteiger partial charge in [0.15, 0.2) is 0 Å². The van der Waals surface area contributed by atoms with Crippen molar-refractivity contribution in [1.29, 1.82) is 0 Å². The molecule has 0 bridgehead atoms. The van der Waals surface area contributed by atoms with E-state index in [0.717, 1.165) is 70.6 Å². The number of benzene rings is 1. The summed E-state index contributed by atoms with van der Waals surface area (Å²) >= 11 is 0. The predicted octanol–water partition coefficient (Wildman–Crippen LogP) is 2.40. The zero-order valence-electron chi connectivity index (χ0n) is 17.2. The minimum atomic E-state index is 0.0597. The number of piperidine rings is 1. The molecule has 1 saturated carbocycles. The van der Waals surface area contributed by atoms with Crippen LogP contribution in [0.4, 0.5) is 16.2 Å². The lowest BCUT2D eigenvalue weighted by Crippen LogP contribution is -2.45. The van der Waals surface area contributed by atoms with Crippen molar-refractivity contribution in [2.75, 3.05) is 49.5 Å². The Labute approximate surface area is 173 Å². The lowest BCUT2D eigenvalue weighted by molar-refractivity contribution is -0.119. The second kappa shape index (κ2) is 9.48. The Kier molecular flexibility index (Phi) is 6.54. The Hall–Kier alpha value is -2.28. The second-order valence-corrected chi connectivity index (χ2v) is 8.45. The van der Waals surface area contributed by atoms with Crippen molar-refractivity contribution in [2.45, 2.75) is 44.6 Å². The number of hydrogen-bond acceptors (Lipinski definition) is 4. The molecule has 0 radical (unpaired) electrons. The minimum absolute atomic E-state index is 0.0597. The summed E-state index contributed by atoms with van der Waals surface area (Å²) in [7, 11) is 0. The molecule has 2 heterocycles. The van der Waals surface area contributed by atoms with Crippen molar-refractivity contribution >= 4 is 23.3 Å². The van der Waals surface area contributed by atoms with Gasteiger partial charge in [-0.25, -0.2) is 4.79 Å². The highest BCUT2D eigenvalue weighted by Crippen LogP contribution is 2.27. The number of nitrogens with one attached hydrogen (secondary N) is 3. The summed E-state index contributed by atoms with van der Waals surface area (Å²) in [6.45, 7) is 5.26. The molecule has 0 unspecified atom stereocenters. The van der Waals surface area contributed by atoms with Crippen LogP contribution in [0.2, 0.25) is 0 Å². The largest absolute Gasteiger partial charge is 0.371 e. The molecule has 3 fully saturated rings. The average Bonchev–Trinajstić information content (AvgIpc) is 3.42. The first-order chi connectivity index (χ1) is 14.2. The van der Waals surface area contributed by atoms with Gasteiger partial charge in [-0.1, -0.05) is 12.8 Å². The fraction of sp³-hybridized carbons (Fsp3) is 0.636. The van der Waals surface area contributed by atoms with Gasteiger partial charge in [-0.3, -0.25) is 4.79 Å². The maximum atomic E-state index is 12.3. The molecule has 1 aromatic rings. The van der Waals surface area contributed by atoms with Crippen molar-refractivity contribution in [1.82, 2.24) is 15.5 Å². The Bertz CT molecular complexity index is 694. The van der Waals surface area contributed by atoms with Gasteiger partial charge in [0.1, 0.15) is 0 Å². The summed E-state index contributed by atoms with van der Waals surface area (Å²) in [5.74, 6) is 0.370. The summed E-state index contributed by atoms with van der Waals surface area (Å²) in [6.07, 6.45) is 6.61. The number of rotatable bonds is 7. The average molecular weight is 400 g/mol. The van der Waals surface area contributed by atoms with Crippen molar-refractivity contribution < 1.29 is 9.59 Å². The molecule has 7 heteroatoms. The third-order valence-corrected chi connectivity index (χ3v) is 6.48. The number of hydrogen-bond donors (Lipinski definition) is 3. The molecule has 0 spiro atoms. The van der Waals surface area contributed by atoms with Crippen LogP contribution in [-0.4, -0.2) is 62.1 Å². The van der Waals surface area contributed by atoms with E-state index in [9.17, 15) is 9.59 Å². The van der Waals surface area contributed by atoms with Gasteiger partial charge < -0.3 is 25.8 Å². The third kappa shape index (κ3) is 5.21. The van der Waals surface area contributed by atoms with Crippen LogP contribution in [0, 0.1) is 5.92 Å². The molecular weight excluding hydrogens is 366 g/mol. The Morgan fingerprint density at radius 1 is 1.03 bits per heavy atom. The van der Waals surface area contributed by atoms with Crippen LogP contribution in [0.15, 0.2) is 24.3 Å². The van der Waals surface area contributed by atoms with Gasteiger partial charge in [0.25, 0.3) is 0 Å². The number of nitrogens with zero attached hydrogens (tertiary/aromatic N) is 2. The van der Waals surface area contributed by atoms with Gasteiger partial charge in [0.2, 0.25) is 5.91 Å². The Morgan fingerprint density at radius 2 is 1.76 bits per heavy atom. The van der Waals surface area contributed by atoms with Crippen molar-refractivity contribution in [3.63, 3.8) is 0 Å². The molecule has 3 amide bonds. The second-order valence-electron chi connectivity index (χ2n) is 8.45. The standard InChI is InChI=1S/C22H33N5O2/c28-21(17-3-1-2-4-17)25-19-5-7-20(8-6-19)26-13-9-18(10-14-26)23-11-15-27-16-12-24-22(27)29/h5-8,17-18,23H,1-4,9-16H2,(H,24,29)(H,25,28). The van der Waals surface area contributed by atoms with E-state index < -0.39 is 0 Å². The highest BCUT2D eigenvalue weighted by atomic mass is 16.2. The van der Waals surface area contributed by atoms with Crippen molar-refractivity contribution in [2.24, 2.45) is 5.92 Å². The van der Waals surface area contributed by atoms with Gasteiger partial charge >= 0.3 is 6.03 Å². The van der Waals surface area contributed by atoms with Gasteiger partial charge in [0.05, 0.1) is 0 Å². The molecule has 3 N–H and O–H groups in total. The van der Waals surface area contributed by atoms with E-state index in [1.165, 1.54) is 18.5 Å². The molecule has 2 saturated heterocycles. The van der Waals surface area contributed by atoms with Gasteiger partial charge in [-0.15, -0.1) is 0 Å². The predicted molar refractivity (Wildman–Crippen MR) is 115 cm³/mol. The molecule has 7 nitrogen and oxygen atoms in total. The van der Waals surface area contributed by atoms with E-state index in [-0.39, 0.29) is 17.9 Å².